The van der Waals surface area contributed by atoms with Gasteiger partial charge >= 0.3 is 22.4 Å². The fourth-order valence-corrected chi connectivity index (χ4v) is 1.09. The molecule has 1 nitrogen and oxygen atoms in total. The summed E-state index contributed by atoms with van der Waals surface area (Å²) >= 11 is 0. The molecule has 2 heteroatoms. The third kappa shape index (κ3) is 3.77. The van der Waals surface area contributed by atoms with Gasteiger partial charge in [0, 0.05) is 0 Å². The first-order chi connectivity index (χ1) is 3.83. The van der Waals surface area contributed by atoms with E-state index in [2.05, 4.69) is 18.9 Å². The Balaban J connectivity index is 0. The minimum Gasteiger partial charge on any atom is -0.372 e. The molecular formula is C8H16NNb. The Bertz CT molecular complexity index is 75.7. The van der Waals surface area contributed by atoms with Gasteiger partial charge in [0.05, 0.1) is 0 Å². The predicted molar refractivity (Wildman–Crippen MR) is 41.7 cm³/mol. The first-order valence-corrected chi connectivity index (χ1v) is 3.14. The molecule has 1 fully saturated rings. The van der Waals surface area contributed by atoms with Crippen LogP contribution in [-0.2, 0) is 22.4 Å². The number of nitrogens with zero attached hydrogens (tertiary/aromatic N) is 1. The third-order valence-corrected chi connectivity index (χ3v) is 1.69. The van der Waals surface area contributed by atoms with Gasteiger partial charge < -0.3 is 31.6 Å². The minimum atomic E-state index is 0. The summed E-state index contributed by atoms with van der Waals surface area (Å²) in [7, 11) is 2.16. The molecule has 0 bridgehead atoms. The molecule has 0 aliphatic carbocycles. The van der Waals surface area contributed by atoms with Crippen molar-refractivity contribution in [3.63, 3.8) is 0 Å². The van der Waals surface area contributed by atoms with Gasteiger partial charge in [-0.3, -0.25) is 0 Å². The molecule has 0 saturated carbocycles. The maximum absolute atomic E-state index is 3.84. The van der Waals surface area contributed by atoms with Crippen LogP contribution in [0.3, 0.4) is 0 Å². The SMILES string of the molecule is [CH2-]C[C-]1CCN(C)C1.[CH3-].[Nb+3]. The topological polar surface area (TPSA) is 3.24 Å². The van der Waals surface area contributed by atoms with E-state index in [0.29, 0.717) is 0 Å². The van der Waals surface area contributed by atoms with Gasteiger partial charge in [0.1, 0.15) is 0 Å². The van der Waals surface area contributed by atoms with Crippen LogP contribution in [0.15, 0.2) is 0 Å². The van der Waals surface area contributed by atoms with Crippen LogP contribution in [0.2, 0.25) is 0 Å². The average Bonchev–Trinajstić information content (AvgIpc) is 2.14. The Morgan fingerprint density at radius 3 is 2.40 bits per heavy atom. The molecule has 0 aromatic carbocycles. The van der Waals surface area contributed by atoms with E-state index in [1.54, 1.807) is 5.92 Å². The van der Waals surface area contributed by atoms with Crippen molar-refractivity contribution in [1.29, 1.82) is 0 Å². The van der Waals surface area contributed by atoms with Gasteiger partial charge in [-0.05, 0) is 13.6 Å². The smallest absolute Gasteiger partial charge is 0.372 e. The van der Waals surface area contributed by atoms with Crippen molar-refractivity contribution in [2.24, 2.45) is 0 Å². The third-order valence-electron chi connectivity index (χ3n) is 1.69. The molecule has 0 unspecified atom stereocenters. The number of rotatable bonds is 1. The molecule has 0 spiro atoms. The molecular weight excluding hydrogens is 203 g/mol. The van der Waals surface area contributed by atoms with E-state index < -0.39 is 0 Å². The molecule has 0 N–H and O–H groups in total. The van der Waals surface area contributed by atoms with Crippen LogP contribution in [0.1, 0.15) is 12.8 Å². The van der Waals surface area contributed by atoms with Gasteiger partial charge in [0.2, 0.25) is 0 Å². The van der Waals surface area contributed by atoms with Crippen LogP contribution in [0.25, 0.3) is 0 Å². The number of likely N-dealkylation sites (tertiary alicyclic amines) is 1. The van der Waals surface area contributed by atoms with Gasteiger partial charge in [-0.1, -0.05) is 0 Å². The van der Waals surface area contributed by atoms with Gasteiger partial charge in [0.15, 0.2) is 0 Å². The molecule has 0 aromatic rings. The normalized spacial score (nSPS) is 19.8. The number of hydrogen-bond acceptors (Lipinski definition) is 1. The maximum atomic E-state index is 3.84. The van der Waals surface area contributed by atoms with Crippen molar-refractivity contribution < 1.29 is 22.4 Å². The van der Waals surface area contributed by atoms with Crippen molar-refractivity contribution in [3.05, 3.63) is 20.3 Å². The molecule has 1 aliphatic rings. The monoisotopic (exact) mass is 219 g/mol. The summed E-state index contributed by atoms with van der Waals surface area (Å²) in [6.45, 7) is 6.26. The van der Waals surface area contributed by atoms with Gasteiger partial charge in [0.25, 0.3) is 0 Å². The average molecular weight is 219 g/mol. The van der Waals surface area contributed by atoms with Crippen LogP contribution >= 0.6 is 0 Å². The van der Waals surface area contributed by atoms with Gasteiger partial charge in [-0.25, -0.2) is 0 Å². The second-order valence-electron chi connectivity index (χ2n) is 2.49. The van der Waals surface area contributed by atoms with E-state index in [-0.39, 0.29) is 29.8 Å². The molecule has 0 atom stereocenters. The van der Waals surface area contributed by atoms with E-state index in [1.807, 2.05) is 0 Å². The fraction of sp³-hybridized carbons (Fsp3) is 0.625. The summed E-state index contributed by atoms with van der Waals surface area (Å²) in [6.07, 6.45) is 2.31. The maximum Gasteiger partial charge on any atom is 3.00 e. The second-order valence-corrected chi connectivity index (χ2v) is 2.49. The largest absolute Gasteiger partial charge is 3.00 e. The molecule has 1 saturated heterocycles. The van der Waals surface area contributed by atoms with E-state index in [4.69, 9.17) is 0 Å². The zero-order valence-electron chi connectivity index (χ0n) is 6.93. The Labute approximate surface area is 80.7 Å². The summed E-state index contributed by atoms with van der Waals surface area (Å²) in [5, 5.41) is 0. The van der Waals surface area contributed by atoms with E-state index >= 15 is 0 Å². The molecule has 1 aliphatic heterocycles. The molecule has 0 radical (unpaired) electrons. The summed E-state index contributed by atoms with van der Waals surface area (Å²) in [5.74, 6) is 1.60. The Kier molecular flexibility index (Phi) is 8.53. The zero-order valence-corrected chi connectivity index (χ0v) is 9.13. The van der Waals surface area contributed by atoms with E-state index in [1.165, 1.54) is 19.5 Å². The van der Waals surface area contributed by atoms with Crippen LogP contribution < -0.4 is 0 Å². The molecule has 0 amide bonds. The number of hydrogen-bond donors (Lipinski definition) is 0. The summed E-state index contributed by atoms with van der Waals surface area (Å²) < 4.78 is 0. The summed E-state index contributed by atoms with van der Waals surface area (Å²) in [5.41, 5.74) is 0. The van der Waals surface area contributed by atoms with Crippen LogP contribution in [0.4, 0.5) is 0 Å². The van der Waals surface area contributed by atoms with Crippen molar-refractivity contribution in [2.45, 2.75) is 12.8 Å². The molecule has 10 heavy (non-hydrogen) atoms. The first kappa shape index (κ1) is 13.3. The first-order valence-electron chi connectivity index (χ1n) is 3.14. The van der Waals surface area contributed by atoms with Crippen LogP contribution in [0, 0.1) is 20.3 Å². The van der Waals surface area contributed by atoms with Crippen LogP contribution in [-0.4, -0.2) is 25.0 Å². The van der Waals surface area contributed by atoms with E-state index in [9.17, 15) is 0 Å². The quantitative estimate of drug-likeness (QED) is 0.478. The van der Waals surface area contributed by atoms with Crippen molar-refractivity contribution in [2.75, 3.05) is 20.1 Å². The second kappa shape index (κ2) is 6.41. The predicted octanol–water partition coefficient (Wildman–Crippen LogP) is 1.57. The van der Waals surface area contributed by atoms with Gasteiger partial charge in [-0.15, -0.1) is 6.54 Å². The van der Waals surface area contributed by atoms with Crippen molar-refractivity contribution in [1.82, 2.24) is 4.90 Å². The van der Waals surface area contributed by atoms with Gasteiger partial charge in [-0.2, -0.15) is 6.42 Å². The molecule has 1 rings (SSSR count). The standard InChI is InChI=1S/C7H13N.CH3.Nb/c1-3-7-4-5-8(2)6-7;;/h1,3-6H2,2H3;1H3;/q-2;-1;+3. The molecule has 0 aromatic heterocycles. The summed E-state index contributed by atoms with van der Waals surface area (Å²) in [4.78, 5) is 2.33. The summed E-state index contributed by atoms with van der Waals surface area (Å²) in [6, 6.07) is 0. The van der Waals surface area contributed by atoms with Crippen molar-refractivity contribution >= 4 is 0 Å². The zero-order chi connectivity index (χ0) is 5.98. The van der Waals surface area contributed by atoms with Crippen LogP contribution in [0.5, 0.6) is 0 Å². The Morgan fingerprint density at radius 1 is 1.60 bits per heavy atom. The molecule has 58 valence electrons. The minimum absolute atomic E-state index is 0. The fourth-order valence-electron chi connectivity index (χ4n) is 1.09. The molecule has 1 heterocycles. The Morgan fingerprint density at radius 2 is 2.20 bits per heavy atom. The van der Waals surface area contributed by atoms with E-state index in [0.717, 1.165) is 6.42 Å². The Hall–Kier alpha value is 0.700. The van der Waals surface area contributed by atoms with Crippen molar-refractivity contribution in [3.8, 4) is 0 Å².